The van der Waals surface area contributed by atoms with Gasteiger partial charge >= 0.3 is 0 Å². The smallest absolute Gasteiger partial charge is 0.0359 e. The molecule has 0 bridgehead atoms. The van der Waals surface area contributed by atoms with E-state index in [9.17, 15) is 4.21 Å². The SMILES string of the molecule is CC1CN(CCS(C)=O)C(C)CCN1. The molecule has 1 N–H and O–H groups in total. The van der Waals surface area contributed by atoms with E-state index in [1.165, 1.54) is 6.42 Å². The second-order valence-electron chi connectivity index (χ2n) is 4.27. The maximum absolute atomic E-state index is 11.0. The van der Waals surface area contributed by atoms with Gasteiger partial charge in [-0.3, -0.25) is 9.11 Å². The molecule has 3 atom stereocenters. The van der Waals surface area contributed by atoms with Gasteiger partial charge in [-0.25, -0.2) is 0 Å². The first-order valence-corrected chi connectivity index (χ1v) is 7.09. The highest BCUT2D eigenvalue weighted by molar-refractivity contribution is 7.84. The van der Waals surface area contributed by atoms with Crippen LogP contribution < -0.4 is 5.32 Å². The Hall–Kier alpha value is 0.0700. The molecular formula is C10H22N2OS. The summed E-state index contributed by atoms with van der Waals surface area (Å²) >= 11 is 0. The molecule has 0 aliphatic carbocycles. The van der Waals surface area contributed by atoms with E-state index in [0.717, 1.165) is 25.4 Å². The third-order valence-corrected chi connectivity index (χ3v) is 3.61. The highest BCUT2D eigenvalue weighted by Gasteiger charge is 2.19. The summed E-state index contributed by atoms with van der Waals surface area (Å²) in [5.41, 5.74) is 0. The van der Waals surface area contributed by atoms with E-state index in [0.29, 0.717) is 12.1 Å². The van der Waals surface area contributed by atoms with Crippen molar-refractivity contribution >= 4 is 10.8 Å². The first kappa shape index (κ1) is 12.1. The van der Waals surface area contributed by atoms with Gasteiger partial charge in [-0.1, -0.05) is 0 Å². The lowest BCUT2D eigenvalue weighted by Crippen LogP contribution is -2.40. The third kappa shape index (κ3) is 4.07. The Labute approximate surface area is 89.7 Å². The zero-order valence-corrected chi connectivity index (χ0v) is 10.3. The van der Waals surface area contributed by atoms with Gasteiger partial charge in [0, 0.05) is 48.0 Å². The molecule has 14 heavy (non-hydrogen) atoms. The van der Waals surface area contributed by atoms with Gasteiger partial charge in [0.25, 0.3) is 0 Å². The molecule has 0 amide bonds. The molecule has 84 valence electrons. The van der Waals surface area contributed by atoms with Gasteiger partial charge in [-0.2, -0.15) is 0 Å². The molecule has 3 nitrogen and oxygen atoms in total. The number of rotatable bonds is 3. The summed E-state index contributed by atoms with van der Waals surface area (Å²) in [7, 11) is -0.661. The Morgan fingerprint density at radius 2 is 2.21 bits per heavy atom. The first-order valence-electron chi connectivity index (χ1n) is 5.37. The van der Waals surface area contributed by atoms with Crippen molar-refractivity contribution in [1.82, 2.24) is 10.2 Å². The standard InChI is InChI=1S/C10H22N2OS/c1-9-8-12(6-7-14(3)13)10(2)4-5-11-9/h9-11H,4-8H2,1-3H3. The zero-order chi connectivity index (χ0) is 10.6. The van der Waals surface area contributed by atoms with Crippen molar-refractivity contribution < 1.29 is 4.21 Å². The average molecular weight is 218 g/mol. The lowest BCUT2D eigenvalue weighted by molar-refractivity contribution is 0.220. The van der Waals surface area contributed by atoms with Crippen molar-refractivity contribution in [3.63, 3.8) is 0 Å². The molecule has 0 spiro atoms. The summed E-state index contributed by atoms with van der Waals surface area (Å²) < 4.78 is 11.0. The summed E-state index contributed by atoms with van der Waals surface area (Å²) in [6, 6.07) is 1.18. The molecule has 0 radical (unpaired) electrons. The molecule has 1 aliphatic heterocycles. The fourth-order valence-electron chi connectivity index (χ4n) is 1.87. The van der Waals surface area contributed by atoms with Crippen molar-refractivity contribution in [3.05, 3.63) is 0 Å². The van der Waals surface area contributed by atoms with Crippen LogP contribution in [0.4, 0.5) is 0 Å². The second-order valence-corrected chi connectivity index (χ2v) is 5.82. The fraction of sp³-hybridized carbons (Fsp3) is 1.00. The Kier molecular flexibility index (Phi) is 5.06. The zero-order valence-electron chi connectivity index (χ0n) is 9.45. The van der Waals surface area contributed by atoms with E-state index >= 15 is 0 Å². The molecule has 1 aliphatic rings. The second kappa shape index (κ2) is 5.83. The Bertz CT molecular complexity index is 199. The molecule has 1 saturated heterocycles. The molecule has 4 heteroatoms. The molecular weight excluding hydrogens is 196 g/mol. The first-order chi connectivity index (χ1) is 6.59. The number of hydrogen-bond acceptors (Lipinski definition) is 3. The fourth-order valence-corrected chi connectivity index (χ4v) is 2.37. The number of nitrogens with one attached hydrogen (secondary N) is 1. The van der Waals surface area contributed by atoms with Crippen LogP contribution in [0.15, 0.2) is 0 Å². The van der Waals surface area contributed by atoms with Gasteiger partial charge in [-0.05, 0) is 26.8 Å². The van der Waals surface area contributed by atoms with Crippen LogP contribution in [-0.2, 0) is 10.8 Å². The van der Waals surface area contributed by atoms with E-state index in [-0.39, 0.29) is 0 Å². The van der Waals surface area contributed by atoms with Crippen LogP contribution >= 0.6 is 0 Å². The minimum Gasteiger partial charge on any atom is -0.313 e. The van der Waals surface area contributed by atoms with Gasteiger partial charge in [0.1, 0.15) is 0 Å². The maximum atomic E-state index is 11.0. The lowest BCUT2D eigenvalue weighted by Gasteiger charge is -2.27. The minimum atomic E-state index is -0.661. The normalized spacial score (nSPS) is 32.5. The summed E-state index contributed by atoms with van der Waals surface area (Å²) in [5.74, 6) is 0.803. The molecule has 0 aromatic rings. The van der Waals surface area contributed by atoms with Crippen molar-refractivity contribution in [2.45, 2.75) is 32.4 Å². The number of nitrogens with zero attached hydrogens (tertiary/aromatic N) is 1. The average Bonchev–Trinajstić information content (AvgIpc) is 2.25. The Balaban J connectivity index is 2.41. The van der Waals surface area contributed by atoms with Crippen LogP contribution in [0, 0.1) is 0 Å². The Morgan fingerprint density at radius 3 is 2.86 bits per heavy atom. The van der Waals surface area contributed by atoms with Gasteiger partial charge in [0.05, 0.1) is 0 Å². The maximum Gasteiger partial charge on any atom is 0.0359 e. The Morgan fingerprint density at radius 1 is 1.50 bits per heavy atom. The summed E-state index contributed by atoms with van der Waals surface area (Å²) in [4.78, 5) is 2.45. The van der Waals surface area contributed by atoms with E-state index in [4.69, 9.17) is 0 Å². The molecule has 1 rings (SSSR count). The topological polar surface area (TPSA) is 32.3 Å². The summed E-state index contributed by atoms with van der Waals surface area (Å²) in [5, 5.41) is 3.47. The molecule has 0 aromatic heterocycles. The molecule has 0 aromatic carbocycles. The van der Waals surface area contributed by atoms with E-state index < -0.39 is 10.8 Å². The van der Waals surface area contributed by atoms with Crippen LogP contribution in [0.25, 0.3) is 0 Å². The molecule has 3 unspecified atom stereocenters. The van der Waals surface area contributed by atoms with Crippen LogP contribution in [0.1, 0.15) is 20.3 Å². The predicted octanol–water partition coefficient (Wildman–Crippen LogP) is 0.437. The van der Waals surface area contributed by atoms with Crippen molar-refractivity contribution in [1.29, 1.82) is 0 Å². The van der Waals surface area contributed by atoms with Crippen LogP contribution in [-0.4, -0.2) is 52.8 Å². The summed E-state index contributed by atoms with van der Waals surface area (Å²) in [6.07, 6.45) is 2.98. The highest BCUT2D eigenvalue weighted by Crippen LogP contribution is 2.08. The molecule has 0 saturated carbocycles. The van der Waals surface area contributed by atoms with E-state index in [1.54, 1.807) is 6.26 Å². The van der Waals surface area contributed by atoms with Gasteiger partial charge in [0.2, 0.25) is 0 Å². The van der Waals surface area contributed by atoms with Crippen LogP contribution in [0.3, 0.4) is 0 Å². The van der Waals surface area contributed by atoms with Gasteiger partial charge < -0.3 is 5.32 Å². The lowest BCUT2D eigenvalue weighted by atomic mass is 10.2. The molecule has 1 fully saturated rings. The number of hydrogen-bond donors (Lipinski definition) is 1. The quantitative estimate of drug-likeness (QED) is 0.746. The summed E-state index contributed by atoms with van der Waals surface area (Å²) in [6.45, 7) is 7.63. The van der Waals surface area contributed by atoms with E-state index in [1.807, 2.05) is 0 Å². The van der Waals surface area contributed by atoms with Crippen molar-refractivity contribution in [3.8, 4) is 0 Å². The van der Waals surface area contributed by atoms with Crippen molar-refractivity contribution in [2.24, 2.45) is 0 Å². The van der Waals surface area contributed by atoms with E-state index in [2.05, 4.69) is 24.1 Å². The van der Waals surface area contributed by atoms with Crippen LogP contribution in [0.2, 0.25) is 0 Å². The van der Waals surface area contributed by atoms with Crippen LogP contribution in [0.5, 0.6) is 0 Å². The molecule has 1 heterocycles. The third-order valence-electron chi connectivity index (χ3n) is 2.85. The minimum absolute atomic E-state index is 0.560. The highest BCUT2D eigenvalue weighted by atomic mass is 32.2. The van der Waals surface area contributed by atoms with Gasteiger partial charge in [-0.15, -0.1) is 0 Å². The van der Waals surface area contributed by atoms with Gasteiger partial charge in [0.15, 0.2) is 0 Å². The largest absolute Gasteiger partial charge is 0.313 e. The monoisotopic (exact) mass is 218 g/mol. The predicted molar refractivity (Wildman–Crippen MR) is 62.1 cm³/mol. The van der Waals surface area contributed by atoms with Crippen molar-refractivity contribution in [2.75, 3.05) is 31.6 Å².